The van der Waals surface area contributed by atoms with Gasteiger partial charge in [0.05, 0.1) is 18.9 Å². The van der Waals surface area contributed by atoms with Crippen LogP contribution in [-0.4, -0.2) is 35.6 Å². The zero-order chi connectivity index (χ0) is 25.9. The van der Waals surface area contributed by atoms with Gasteiger partial charge in [0.2, 0.25) is 5.91 Å². The van der Waals surface area contributed by atoms with E-state index in [0.29, 0.717) is 19.4 Å². The van der Waals surface area contributed by atoms with Crippen LogP contribution in [0.3, 0.4) is 0 Å². The molecular weight excluding hydrogens is 430 g/mol. The van der Waals surface area contributed by atoms with Crippen molar-refractivity contribution in [2.24, 2.45) is 5.92 Å². The standard InChI is InChI=1S/C24H29NO5.2C2H6/c1-3-30-24(29)17(2)15-21(25-22(26)13-14-23(27)28)16-18-9-11-20(12-10-18)19-7-5-4-6-8-19;2*1-2/h4-12,17,21H,3,13-16H2,1-2H3,(H,25,26)(H,27,28);2*1-2H3/t17?,21-;;/m0../s1. The summed E-state index contributed by atoms with van der Waals surface area (Å²) in [6.45, 7) is 11.8. The molecule has 6 heteroatoms. The number of carboxylic acids is 1. The molecule has 0 aliphatic rings. The van der Waals surface area contributed by atoms with Crippen molar-refractivity contribution in [3.8, 4) is 11.1 Å². The molecule has 0 saturated carbocycles. The summed E-state index contributed by atoms with van der Waals surface area (Å²) in [6, 6.07) is 17.8. The third kappa shape index (κ3) is 12.2. The van der Waals surface area contributed by atoms with Gasteiger partial charge in [0.1, 0.15) is 0 Å². The first-order valence-corrected chi connectivity index (χ1v) is 12.2. The molecule has 0 aliphatic heterocycles. The van der Waals surface area contributed by atoms with Crippen molar-refractivity contribution in [3.05, 3.63) is 60.2 Å². The average molecular weight is 472 g/mol. The molecule has 2 N–H and O–H groups in total. The van der Waals surface area contributed by atoms with Crippen LogP contribution in [0.1, 0.15) is 66.4 Å². The fourth-order valence-corrected chi connectivity index (χ4v) is 3.27. The molecule has 0 bridgehead atoms. The SMILES string of the molecule is CC.CC.CCOC(=O)C(C)C[C@@H](Cc1ccc(-c2ccccc2)cc1)NC(=O)CCC(=O)O. The first-order valence-electron chi connectivity index (χ1n) is 12.2. The second-order valence-electron chi connectivity index (χ2n) is 7.31. The van der Waals surface area contributed by atoms with Gasteiger partial charge in [0, 0.05) is 12.5 Å². The van der Waals surface area contributed by atoms with E-state index < -0.39 is 5.97 Å². The Morgan fingerprint density at radius 3 is 1.97 bits per heavy atom. The fraction of sp³-hybridized carbons (Fsp3) is 0.464. The molecule has 2 aromatic carbocycles. The minimum Gasteiger partial charge on any atom is -0.481 e. The molecule has 6 nitrogen and oxygen atoms in total. The van der Waals surface area contributed by atoms with Gasteiger partial charge in [-0.2, -0.15) is 0 Å². The monoisotopic (exact) mass is 471 g/mol. The maximum Gasteiger partial charge on any atom is 0.308 e. The Morgan fingerprint density at radius 1 is 0.882 bits per heavy atom. The molecule has 1 unspecified atom stereocenters. The molecule has 0 fully saturated rings. The van der Waals surface area contributed by atoms with Crippen molar-refractivity contribution in [1.82, 2.24) is 5.32 Å². The van der Waals surface area contributed by atoms with E-state index in [0.717, 1.165) is 16.7 Å². The number of aliphatic carboxylic acids is 1. The van der Waals surface area contributed by atoms with Crippen molar-refractivity contribution in [3.63, 3.8) is 0 Å². The molecule has 34 heavy (non-hydrogen) atoms. The second kappa shape index (κ2) is 18.3. The fourth-order valence-electron chi connectivity index (χ4n) is 3.27. The largest absolute Gasteiger partial charge is 0.481 e. The van der Waals surface area contributed by atoms with Crippen LogP contribution in [0.2, 0.25) is 0 Å². The molecule has 188 valence electrons. The molecule has 2 rings (SSSR count). The number of benzene rings is 2. The predicted octanol–water partition coefficient (Wildman–Crippen LogP) is 5.89. The Hall–Kier alpha value is -3.15. The van der Waals surface area contributed by atoms with Crippen LogP contribution in [0.5, 0.6) is 0 Å². The van der Waals surface area contributed by atoms with Crippen LogP contribution in [0.25, 0.3) is 11.1 Å². The highest BCUT2D eigenvalue weighted by Crippen LogP contribution is 2.21. The Balaban J connectivity index is 0.00000258. The van der Waals surface area contributed by atoms with E-state index in [1.165, 1.54) is 0 Å². The topological polar surface area (TPSA) is 92.7 Å². The Labute approximate surface area is 204 Å². The van der Waals surface area contributed by atoms with E-state index in [4.69, 9.17) is 9.84 Å². The zero-order valence-electron chi connectivity index (χ0n) is 21.5. The van der Waals surface area contributed by atoms with Crippen LogP contribution in [0, 0.1) is 5.92 Å². The highest BCUT2D eigenvalue weighted by Gasteiger charge is 2.22. The minimum atomic E-state index is -1.02. The maximum atomic E-state index is 12.2. The van der Waals surface area contributed by atoms with Gasteiger partial charge >= 0.3 is 11.9 Å². The lowest BCUT2D eigenvalue weighted by molar-refractivity contribution is -0.148. The van der Waals surface area contributed by atoms with Gasteiger partial charge in [-0.15, -0.1) is 0 Å². The highest BCUT2D eigenvalue weighted by molar-refractivity contribution is 5.81. The molecule has 2 atom stereocenters. The number of hydrogen-bond acceptors (Lipinski definition) is 4. The summed E-state index contributed by atoms with van der Waals surface area (Å²) in [6.07, 6.45) is 0.639. The number of nitrogens with one attached hydrogen (secondary N) is 1. The average Bonchev–Trinajstić information content (AvgIpc) is 2.86. The van der Waals surface area contributed by atoms with Crippen molar-refractivity contribution in [1.29, 1.82) is 0 Å². The van der Waals surface area contributed by atoms with Gasteiger partial charge < -0.3 is 15.2 Å². The van der Waals surface area contributed by atoms with E-state index in [2.05, 4.69) is 5.32 Å². The Kier molecular flexibility index (Phi) is 16.6. The smallest absolute Gasteiger partial charge is 0.308 e. The number of ether oxygens (including phenoxy) is 1. The second-order valence-corrected chi connectivity index (χ2v) is 7.31. The normalized spacial score (nSPS) is 11.5. The number of carboxylic acid groups (broad SMARTS) is 1. The van der Waals surface area contributed by atoms with Crippen molar-refractivity contribution in [2.75, 3.05) is 6.61 Å². The van der Waals surface area contributed by atoms with Crippen molar-refractivity contribution < 1.29 is 24.2 Å². The molecule has 1 amide bonds. The van der Waals surface area contributed by atoms with Crippen LogP contribution >= 0.6 is 0 Å². The molecule has 0 spiro atoms. The summed E-state index contributed by atoms with van der Waals surface area (Å²) < 4.78 is 5.07. The molecule has 2 aromatic rings. The first-order chi connectivity index (χ1) is 16.4. The van der Waals surface area contributed by atoms with E-state index in [9.17, 15) is 14.4 Å². The third-order valence-electron chi connectivity index (χ3n) is 4.80. The number of amides is 1. The van der Waals surface area contributed by atoms with Gasteiger partial charge in [-0.3, -0.25) is 14.4 Å². The van der Waals surface area contributed by atoms with Crippen LogP contribution < -0.4 is 5.32 Å². The molecule has 0 aliphatic carbocycles. The number of esters is 1. The summed E-state index contributed by atoms with van der Waals surface area (Å²) in [5.41, 5.74) is 3.24. The van der Waals surface area contributed by atoms with E-state index in [-0.39, 0.29) is 36.7 Å². The van der Waals surface area contributed by atoms with Crippen molar-refractivity contribution >= 4 is 17.8 Å². The lowest BCUT2D eigenvalue weighted by Gasteiger charge is -2.22. The number of rotatable bonds is 11. The van der Waals surface area contributed by atoms with Crippen molar-refractivity contribution in [2.45, 2.75) is 73.3 Å². The molecule has 0 aromatic heterocycles. The summed E-state index contributed by atoms with van der Waals surface area (Å²) in [4.78, 5) is 34.9. The van der Waals surface area contributed by atoms with Gasteiger partial charge in [-0.05, 0) is 36.5 Å². The van der Waals surface area contributed by atoms with Gasteiger partial charge in [-0.1, -0.05) is 89.2 Å². The predicted molar refractivity (Wildman–Crippen MR) is 137 cm³/mol. The van der Waals surface area contributed by atoms with Gasteiger partial charge in [0.25, 0.3) is 0 Å². The van der Waals surface area contributed by atoms with Crippen LogP contribution in [-0.2, 0) is 25.5 Å². The highest BCUT2D eigenvalue weighted by atomic mass is 16.5. The van der Waals surface area contributed by atoms with Crippen LogP contribution in [0.15, 0.2) is 54.6 Å². The quantitative estimate of drug-likeness (QED) is 0.399. The lowest BCUT2D eigenvalue weighted by Crippen LogP contribution is -2.39. The molecule has 0 radical (unpaired) electrons. The number of carbonyl (C=O) groups is 3. The Bertz CT molecular complexity index is 834. The summed E-state index contributed by atoms with van der Waals surface area (Å²) in [5.74, 6) is -2.03. The minimum absolute atomic E-state index is 0.0907. The molecule has 0 saturated heterocycles. The van der Waals surface area contributed by atoms with Gasteiger partial charge in [0.15, 0.2) is 0 Å². The van der Waals surface area contributed by atoms with E-state index >= 15 is 0 Å². The maximum absolute atomic E-state index is 12.2. The zero-order valence-corrected chi connectivity index (χ0v) is 21.5. The molecular formula is C28H41NO5. The van der Waals surface area contributed by atoms with E-state index in [1.807, 2.05) is 82.3 Å². The van der Waals surface area contributed by atoms with Gasteiger partial charge in [-0.25, -0.2) is 0 Å². The molecule has 0 heterocycles. The number of hydrogen-bond donors (Lipinski definition) is 2. The number of carbonyl (C=O) groups excluding carboxylic acids is 2. The van der Waals surface area contributed by atoms with Crippen LogP contribution in [0.4, 0.5) is 0 Å². The summed E-state index contributed by atoms with van der Waals surface area (Å²) in [5, 5.41) is 11.7. The summed E-state index contributed by atoms with van der Waals surface area (Å²) >= 11 is 0. The summed E-state index contributed by atoms with van der Waals surface area (Å²) in [7, 11) is 0. The van der Waals surface area contributed by atoms with E-state index in [1.54, 1.807) is 13.8 Å². The lowest BCUT2D eigenvalue weighted by atomic mass is 9.94. The Morgan fingerprint density at radius 2 is 1.44 bits per heavy atom. The first kappa shape index (κ1) is 30.9. The third-order valence-corrected chi connectivity index (χ3v) is 4.80.